The van der Waals surface area contributed by atoms with E-state index in [4.69, 9.17) is 10.7 Å². The molecule has 1 atom stereocenters. The highest BCUT2D eigenvalue weighted by Crippen LogP contribution is 2.26. The number of hydrogen-bond donors (Lipinski definition) is 2. The number of nitrogens with one attached hydrogen (secondary N) is 1. The maximum absolute atomic E-state index is 12.5. The van der Waals surface area contributed by atoms with Gasteiger partial charge in [0.25, 0.3) is 5.56 Å². The van der Waals surface area contributed by atoms with Gasteiger partial charge in [-0.2, -0.15) is 0 Å². The van der Waals surface area contributed by atoms with E-state index in [-0.39, 0.29) is 17.6 Å². The number of nitrogens with two attached hydrogens (primary N) is 1. The number of hydrogen-bond acceptors (Lipinski definition) is 5. The number of nitrogens with zero attached hydrogens (tertiary/aromatic N) is 3. The van der Waals surface area contributed by atoms with Gasteiger partial charge in [0.1, 0.15) is 11.2 Å². The zero-order valence-electron chi connectivity index (χ0n) is 14.9. The Balaban J connectivity index is 2.19. The van der Waals surface area contributed by atoms with Gasteiger partial charge in [0.05, 0.1) is 17.5 Å². The van der Waals surface area contributed by atoms with Crippen LogP contribution in [0.5, 0.6) is 0 Å². The quantitative estimate of drug-likeness (QED) is 0.764. The van der Waals surface area contributed by atoms with E-state index in [0.29, 0.717) is 16.7 Å². The second-order valence-corrected chi connectivity index (χ2v) is 6.62. The van der Waals surface area contributed by atoms with Crippen molar-refractivity contribution in [2.24, 2.45) is 12.8 Å². The van der Waals surface area contributed by atoms with Crippen molar-refractivity contribution in [1.82, 2.24) is 14.5 Å². The van der Waals surface area contributed by atoms with Crippen LogP contribution in [0.3, 0.4) is 0 Å². The van der Waals surface area contributed by atoms with Gasteiger partial charge < -0.3 is 15.6 Å². The summed E-state index contributed by atoms with van der Waals surface area (Å²) in [5, 5.41) is 3.78. The van der Waals surface area contributed by atoms with E-state index in [2.05, 4.69) is 10.3 Å². The molecule has 2 heterocycles. The van der Waals surface area contributed by atoms with Gasteiger partial charge in [-0.15, -0.1) is 0 Å². The van der Waals surface area contributed by atoms with Crippen molar-refractivity contribution in [2.45, 2.75) is 32.9 Å². The summed E-state index contributed by atoms with van der Waals surface area (Å²) in [6, 6.07) is 9.97. The summed E-state index contributed by atoms with van der Waals surface area (Å²) in [7, 11) is 1.69. The van der Waals surface area contributed by atoms with Gasteiger partial charge in [0, 0.05) is 24.7 Å². The summed E-state index contributed by atoms with van der Waals surface area (Å²) in [4.78, 5) is 21.6. The van der Waals surface area contributed by atoms with Crippen LogP contribution in [-0.2, 0) is 7.05 Å². The third kappa shape index (κ3) is 3.39. The molecule has 0 aliphatic rings. The SMILES string of the molecule is CC(C)Nc1nc(-c2ccc([C@@H](C)N)cc2)cc2ncn(C)c(=O)c12. The highest BCUT2D eigenvalue weighted by molar-refractivity contribution is 5.91. The molecule has 3 aromatic rings. The minimum Gasteiger partial charge on any atom is -0.367 e. The lowest BCUT2D eigenvalue weighted by Crippen LogP contribution is -2.21. The Kier molecular flexibility index (Phi) is 4.55. The largest absolute Gasteiger partial charge is 0.367 e. The fourth-order valence-electron chi connectivity index (χ4n) is 2.71. The Bertz CT molecular complexity index is 958. The number of aryl methyl sites for hydroxylation is 1. The van der Waals surface area contributed by atoms with Crippen molar-refractivity contribution in [1.29, 1.82) is 0 Å². The fourth-order valence-corrected chi connectivity index (χ4v) is 2.71. The molecule has 1 aromatic carbocycles. The van der Waals surface area contributed by atoms with Crippen molar-refractivity contribution in [3.05, 3.63) is 52.6 Å². The number of benzene rings is 1. The molecule has 25 heavy (non-hydrogen) atoms. The molecule has 0 radical (unpaired) electrons. The van der Waals surface area contributed by atoms with Crippen molar-refractivity contribution in [2.75, 3.05) is 5.32 Å². The van der Waals surface area contributed by atoms with E-state index >= 15 is 0 Å². The monoisotopic (exact) mass is 337 g/mol. The molecule has 3 N–H and O–H groups in total. The average molecular weight is 337 g/mol. The molecule has 0 fully saturated rings. The standard InChI is InChI=1S/C19H23N5O/c1-11(2)22-18-17-16(21-10-24(4)19(17)25)9-15(23-18)14-7-5-13(6-8-14)12(3)20/h5-12H,20H2,1-4H3,(H,22,23)/t12-/m1/s1. The van der Waals surface area contributed by atoms with Crippen LogP contribution in [0, 0.1) is 0 Å². The third-order valence-corrected chi connectivity index (χ3v) is 4.06. The minimum absolute atomic E-state index is 0.0125. The topological polar surface area (TPSA) is 85.8 Å². The molecule has 130 valence electrons. The predicted octanol–water partition coefficient (Wildman–Crippen LogP) is 2.84. The van der Waals surface area contributed by atoms with Crippen molar-refractivity contribution in [3.63, 3.8) is 0 Å². The normalized spacial score (nSPS) is 12.6. The molecule has 3 rings (SSSR count). The fraction of sp³-hybridized carbons (Fsp3) is 0.316. The highest BCUT2D eigenvalue weighted by atomic mass is 16.1. The summed E-state index contributed by atoms with van der Waals surface area (Å²) in [5.74, 6) is 0.562. The molecule has 0 saturated heterocycles. The number of pyridine rings is 1. The van der Waals surface area contributed by atoms with Crippen molar-refractivity contribution >= 4 is 16.7 Å². The molecule has 0 amide bonds. The van der Waals surface area contributed by atoms with E-state index in [0.717, 1.165) is 16.8 Å². The summed E-state index contributed by atoms with van der Waals surface area (Å²) >= 11 is 0. The lowest BCUT2D eigenvalue weighted by atomic mass is 10.0. The molecule has 2 aromatic heterocycles. The molecule has 0 aliphatic heterocycles. The van der Waals surface area contributed by atoms with Crippen LogP contribution < -0.4 is 16.6 Å². The van der Waals surface area contributed by atoms with Crippen LogP contribution >= 0.6 is 0 Å². The van der Waals surface area contributed by atoms with Gasteiger partial charge in [-0.25, -0.2) is 9.97 Å². The van der Waals surface area contributed by atoms with Crippen molar-refractivity contribution in [3.8, 4) is 11.3 Å². The number of fused-ring (bicyclic) bond motifs is 1. The summed E-state index contributed by atoms with van der Waals surface area (Å²) < 4.78 is 1.46. The molecule has 0 saturated carbocycles. The highest BCUT2D eigenvalue weighted by Gasteiger charge is 2.14. The second-order valence-electron chi connectivity index (χ2n) is 6.62. The molecular formula is C19H23N5O. The Morgan fingerprint density at radius 1 is 1.16 bits per heavy atom. The Labute approximate surface area is 146 Å². The van der Waals surface area contributed by atoms with E-state index < -0.39 is 0 Å². The zero-order valence-corrected chi connectivity index (χ0v) is 14.9. The van der Waals surface area contributed by atoms with Crippen LogP contribution in [-0.4, -0.2) is 20.6 Å². The predicted molar refractivity (Wildman–Crippen MR) is 102 cm³/mol. The average Bonchev–Trinajstić information content (AvgIpc) is 2.57. The smallest absolute Gasteiger partial charge is 0.264 e. The first-order chi connectivity index (χ1) is 11.9. The minimum atomic E-state index is -0.112. The molecule has 0 unspecified atom stereocenters. The molecule has 6 heteroatoms. The first-order valence-corrected chi connectivity index (χ1v) is 8.35. The third-order valence-electron chi connectivity index (χ3n) is 4.06. The van der Waals surface area contributed by atoms with E-state index in [1.54, 1.807) is 7.05 Å². The first kappa shape index (κ1) is 17.1. The van der Waals surface area contributed by atoms with Gasteiger partial charge >= 0.3 is 0 Å². The van der Waals surface area contributed by atoms with Crippen LogP contribution in [0.1, 0.15) is 32.4 Å². The molecule has 0 bridgehead atoms. The zero-order chi connectivity index (χ0) is 18.1. The van der Waals surface area contributed by atoms with Gasteiger partial charge in [-0.1, -0.05) is 24.3 Å². The number of anilines is 1. The maximum Gasteiger partial charge on any atom is 0.264 e. The van der Waals surface area contributed by atoms with Gasteiger partial charge in [0.2, 0.25) is 0 Å². The first-order valence-electron chi connectivity index (χ1n) is 8.35. The summed E-state index contributed by atoms with van der Waals surface area (Å²) in [6.45, 7) is 5.98. The van der Waals surface area contributed by atoms with Gasteiger partial charge in [-0.05, 0) is 32.4 Å². The summed E-state index contributed by atoms with van der Waals surface area (Å²) in [5.41, 5.74) is 9.23. The number of rotatable bonds is 4. The lowest BCUT2D eigenvalue weighted by Gasteiger charge is -2.14. The van der Waals surface area contributed by atoms with Crippen LogP contribution in [0.15, 0.2) is 41.5 Å². The molecule has 0 spiro atoms. The van der Waals surface area contributed by atoms with Crippen molar-refractivity contribution < 1.29 is 0 Å². The Morgan fingerprint density at radius 2 is 1.84 bits per heavy atom. The van der Waals surface area contributed by atoms with Crippen LogP contribution in [0.4, 0.5) is 5.82 Å². The Hall–Kier alpha value is -2.73. The van der Waals surface area contributed by atoms with E-state index in [9.17, 15) is 4.79 Å². The lowest BCUT2D eigenvalue weighted by molar-refractivity contribution is 0.818. The van der Waals surface area contributed by atoms with Crippen LogP contribution in [0.25, 0.3) is 22.2 Å². The second kappa shape index (κ2) is 6.64. The van der Waals surface area contributed by atoms with Crippen LogP contribution in [0.2, 0.25) is 0 Å². The molecule has 6 nitrogen and oxygen atoms in total. The number of aromatic nitrogens is 3. The van der Waals surface area contributed by atoms with Gasteiger partial charge in [-0.3, -0.25) is 4.79 Å². The maximum atomic E-state index is 12.5. The molecule has 0 aliphatic carbocycles. The van der Waals surface area contributed by atoms with Gasteiger partial charge in [0.15, 0.2) is 0 Å². The Morgan fingerprint density at radius 3 is 2.44 bits per heavy atom. The summed E-state index contributed by atoms with van der Waals surface area (Å²) in [6.07, 6.45) is 1.53. The van der Waals surface area contributed by atoms with E-state index in [1.807, 2.05) is 51.1 Å². The molecular weight excluding hydrogens is 314 g/mol. The van der Waals surface area contributed by atoms with E-state index in [1.165, 1.54) is 10.9 Å².